The standard InChI is InChI=1S/C17H13NO5/c1-10-9-12-3-2-4-14(15(12)16(10)19)23-17(20)11-5-7-13(8-6-11)18(21)22/h2-8,10H,9H2,1H3. The van der Waals surface area contributed by atoms with Gasteiger partial charge in [-0.2, -0.15) is 0 Å². The monoisotopic (exact) mass is 311 g/mol. The number of benzene rings is 2. The van der Waals surface area contributed by atoms with Crippen LogP contribution in [0.3, 0.4) is 0 Å². The first-order chi connectivity index (χ1) is 11.0. The van der Waals surface area contributed by atoms with Crippen LogP contribution in [-0.4, -0.2) is 16.7 Å². The highest BCUT2D eigenvalue weighted by Crippen LogP contribution is 2.33. The Hall–Kier alpha value is -3.02. The number of esters is 1. The van der Waals surface area contributed by atoms with Crippen LogP contribution in [0.25, 0.3) is 0 Å². The molecule has 0 aromatic heterocycles. The largest absolute Gasteiger partial charge is 0.422 e. The summed E-state index contributed by atoms with van der Waals surface area (Å²) in [5.41, 5.74) is 1.41. The summed E-state index contributed by atoms with van der Waals surface area (Å²) in [5.74, 6) is -0.572. The average molecular weight is 311 g/mol. The van der Waals surface area contributed by atoms with Gasteiger partial charge in [-0.25, -0.2) is 4.79 Å². The van der Waals surface area contributed by atoms with E-state index in [1.165, 1.54) is 24.3 Å². The number of carbonyl (C=O) groups excluding carboxylic acids is 2. The van der Waals surface area contributed by atoms with Gasteiger partial charge >= 0.3 is 5.97 Å². The number of nitrogens with zero attached hydrogens (tertiary/aromatic N) is 1. The molecule has 0 N–H and O–H groups in total. The smallest absolute Gasteiger partial charge is 0.343 e. The second-order valence-electron chi connectivity index (χ2n) is 5.45. The van der Waals surface area contributed by atoms with Gasteiger partial charge in [-0.15, -0.1) is 0 Å². The first kappa shape index (κ1) is 14.9. The number of Topliss-reactive ketones (excluding diaryl/α,β-unsaturated/α-hetero) is 1. The van der Waals surface area contributed by atoms with Gasteiger partial charge in [0.25, 0.3) is 5.69 Å². The molecule has 1 atom stereocenters. The summed E-state index contributed by atoms with van der Waals surface area (Å²) in [4.78, 5) is 34.4. The molecule has 1 aliphatic carbocycles. The molecule has 0 bridgehead atoms. The van der Waals surface area contributed by atoms with Gasteiger partial charge in [-0.1, -0.05) is 19.1 Å². The van der Waals surface area contributed by atoms with Crippen molar-refractivity contribution in [2.75, 3.05) is 0 Å². The molecular formula is C17H13NO5. The topological polar surface area (TPSA) is 86.5 Å². The molecule has 0 spiro atoms. The van der Waals surface area contributed by atoms with Crippen molar-refractivity contribution in [2.45, 2.75) is 13.3 Å². The lowest BCUT2D eigenvalue weighted by atomic mass is 10.1. The third kappa shape index (κ3) is 2.70. The summed E-state index contributed by atoms with van der Waals surface area (Å²) in [7, 11) is 0. The molecule has 1 unspecified atom stereocenters. The Morgan fingerprint density at radius 3 is 2.57 bits per heavy atom. The predicted molar refractivity (Wildman–Crippen MR) is 81.7 cm³/mol. The quantitative estimate of drug-likeness (QED) is 0.376. The summed E-state index contributed by atoms with van der Waals surface area (Å²) >= 11 is 0. The van der Waals surface area contributed by atoms with E-state index in [0.717, 1.165) is 5.56 Å². The van der Waals surface area contributed by atoms with Crippen LogP contribution in [0.2, 0.25) is 0 Å². The van der Waals surface area contributed by atoms with Gasteiger partial charge in [0.2, 0.25) is 0 Å². The summed E-state index contributed by atoms with van der Waals surface area (Å²) in [6.07, 6.45) is 0.636. The Labute approximate surface area is 131 Å². The third-order valence-electron chi connectivity index (χ3n) is 3.85. The van der Waals surface area contributed by atoms with E-state index in [2.05, 4.69) is 0 Å². The molecule has 0 saturated carbocycles. The Morgan fingerprint density at radius 2 is 1.91 bits per heavy atom. The molecule has 3 rings (SSSR count). The lowest BCUT2D eigenvalue weighted by Gasteiger charge is -2.08. The van der Waals surface area contributed by atoms with Gasteiger partial charge in [0.05, 0.1) is 16.1 Å². The number of carbonyl (C=O) groups is 2. The minimum Gasteiger partial charge on any atom is -0.422 e. The van der Waals surface area contributed by atoms with Gasteiger partial charge in [0.15, 0.2) is 5.78 Å². The van der Waals surface area contributed by atoms with Crippen LogP contribution in [-0.2, 0) is 6.42 Å². The van der Waals surface area contributed by atoms with Crippen LogP contribution in [0.4, 0.5) is 5.69 Å². The fraction of sp³-hybridized carbons (Fsp3) is 0.176. The zero-order valence-electron chi connectivity index (χ0n) is 12.3. The normalized spacial score (nSPS) is 16.0. The minimum atomic E-state index is -0.652. The molecule has 1 aliphatic rings. The number of hydrogen-bond acceptors (Lipinski definition) is 5. The van der Waals surface area contributed by atoms with Crippen LogP contribution in [0, 0.1) is 16.0 Å². The maximum absolute atomic E-state index is 12.2. The Morgan fingerprint density at radius 1 is 1.22 bits per heavy atom. The van der Waals surface area contributed by atoms with Gasteiger partial charge in [-0.3, -0.25) is 14.9 Å². The Balaban J connectivity index is 1.86. The van der Waals surface area contributed by atoms with Crippen LogP contribution in [0.5, 0.6) is 5.75 Å². The second kappa shape index (κ2) is 5.64. The molecule has 0 saturated heterocycles. The molecular weight excluding hydrogens is 298 g/mol. The second-order valence-corrected chi connectivity index (χ2v) is 5.45. The van der Waals surface area contributed by atoms with Crippen LogP contribution in [0.1, 0.15) is 33.2 Å². The average Bonchev–Trinajstić information content (AvgIpc) is 2.83. The fourth-order valence-corrected chi connectivity index (χ4v) is 2.66. The molecule has 0 aliphatic heterocycles. The number of ketones is 1. The van der Waals surface area contributed by atoms with E-state index >= 15 is 0 Å². The van der Waals surface area contributed by atoms with Crippen LogP contribution < -0.4 is 4.74 Å². The number of rotatable bonds is 3. The number of nitro benzene ring substituents is 1. The zero-order valence-corrected chi connectivity index (χ0v) is 12.3. The first-order valence-corrected chi connectivity index (χ1v) is 7.10. The van der Waals surface area contributed by atoms with E-state index in [1.807, 2.05) is 13.0 Å². The van der Waals surface area contributed by atoms with E-state index in [4.69, 9.17) is 4.74 Å². The molecule has 0 fully saturated rings. The van der Waals surface area contributed by atoms with Crippen LogP contribution >= 0.6 is 0 Å². The number of hydrogen-bond donors (Lipinski definition) is 0. The van der Waals surface area contributed by atoms with E-state index in [-0.39, 0.29) is 28.7 Å². The van der Waals surface area contributed by atoms with Crippen molar-refractivity contribution in [3.8, 4) is 5.75 Å². The van der Waals surface area contributed by atoms with Gasteiger partial charge < -0.3 is 4.74 Å². The highest BCUT2D eigenvalue weighted by atomic mass is 16.6. The highest BCUT2D eigenvalue weighted by molar-refractivity contribution is 6.05. The highest BCUT2D eigenvalue weighted by Gasteiger charge is 2.30. The molecule has 6 heteroatoms. The number of ether oxygens (including phenoxy) is 1. The first-order valence-electron chi connectivity index (χ1n) is 7.10. The zero-order chi connectivity index (χ0) is 16.6. The van der Waals surface area contributed by atoms with Crippen molar-refractivity contribution in [2.24, 2.45) is 5.92 Å². The van der Waals surface area contributed by atoms with E-state index in [9.17, 15) is 19.7 Å². The molecule has 0 amide bonds. The van der Waals surface area contributed by atoms with Crippen molar-refractivity contribution >= 4 is 17.4 Å². The molecule has 2 aromatic carbocycles. The lowest BCUT2D eigenvalue weighted by Crippen LogP contribution is -2.12. The predicted octanol–water partition coefficient (Wildman–Crippen LogP) is 3.19. The summed E-state index contributed by atoms with van der Waals surface area (Å²) < 4.78 is 5.33. The van der Waals surface area contributed by atoms with E-state index < -0.39 is 10.9 Å². The molecule has 0 heterocycles. The third-order valence-corrected chi connectivity index (χ3v) is 3.85. The van der Waals surface area contributed by atoms with Gasteiger partial charge in [0, 0.05) is 18.1 Å². The maximum atomic E-state index is 12.2. The van der Waals surface area contributed by atoms with Gasteiger partial charge in [-0.05, 0) is 30.2 Å². The van der Waals surface area contributed by atoms with Crippen molar-refractivity contribution < 1.29 is 19.2 Å². The lowest BCUT2D eigenvalue weighted by molar-refractivity contribution is -0.384. The molecule has 6 nitrogen and oxygen atoms in total. The Kier molecular flexibility index (Phi) is 3.65. The molecule has 116 valence electrons. The van der Waals surface area contributed by atoms with Crippen molar-refractivity contribution in [3.05, 3.63) is 69.3 Å². The number of non-ortho nitro benzene ring substituents is 1. The van der Waals surface area contributed by atoms with Gasteiger partial charge in [0.1, 0.15) is 5.75 Å². The van der Waals surface area contributed by atoms with Crippen molar-refractivity contribution in [1.82, 2.24) is 0 Å². The summed E-state index contributed by atoms with van der Waals surface area (Å²) in [5, 5.41) is 10.6. The Bertz CT molecular complexity index is 810. The number of nitro groups is 1. The summed E-state index contributed by atoms with van der Waals surface area (Å²) in [6, 6.07) is 10.3. The van der Waals surface area contributed by atoms with Crippen molar-refractivity contribution in [3.63, 3.8) is 0 Å². The summed E-state index contributed by atoms with van der Waals surface area (Å²) in [6.45, 7) is 1.84. The van der Waals surface area contributed by atoms with E-state index in [1.54, 1.807) is 12.1 Å². The number of fused-ring (bicyclic) bond motifs is 1. The van der Waals surface area contributed by atoms with Crippen LogP contribution in [0.15, 0.2) is 42.5 Å². The fourth-order valence-electron chi connectivity index (χ4n) is 2.66. The van der Waals surface area contributed by atoms with Crippen molar-refractivity contribution in [1.29, 1.82) is 0 Å². The maximum Gasteiger partial charge on any atom is 0.343 e. The molecule has 0 radical (unpaired) electrons. The molecule has 23 heavy (non-hydrogen) atoms. The van der Waals surface area contributed by atoms with E-state index in [0.29, 0.717) is 12.0 Å². The molecule has 2 aromatic rings. The SMILES string of the molecule is CC1Cc2cccc(OC(=O)c3ccc([N+](=O)[O-])cc3)c2C1=O. The minimum absolute atomic E-state index is 0.0351.